The van der Waals surface area contributed by atoms with Gasteiger partial charge in [0, 0.05) is 39.2 Å². The summed E-state index contributed by atoms with van der Waals surface area (Å²) in [6, 6.07) is 19.7. The van der Waals surface area contributed by atoms with E-state index in [-0.39, 0.29) is 18.3 Å². The summed E-state index contributed by atoms with van der Waals surface area (Å²) in [5.41, 5.74) is 2.24. The zero-order valence-corrected chi connectivity index (χ0v) is 23.3. The predicted molar refractivity (Wildman–Crippen MR) is 152 cm³/mol. The molecule has 2 amide bonds. The Bertz CT molecular complexity index is 1490. The van der Waals surface area contributed by atoms with E-state index in [0.717, 1.165) is 0 Å². The number of hydrogen-bond donors (Lipinski definition) is 1. The van der Waals surface area contributed by atoms with Crippen LogP contribution >= 0.6 is 11.3 Å². The SMILES string of the molecule is COCC(=O)N1C(C(=O)N2CCNCC2)C(c2ccc(C#N)cc2)C(C(=O)c2cccs2)C1c1ccc(C#N)cc1. The van der Waals surface area contributed by atoms with Gasteiger partial charge in [0.25, 0.3) is 0 Å². The van der Waals surface area contributed by atoms with E-state index in [1.807, 2.05) is 5.38 Å². The normalized spacial score (nSPS) is 22.1. The van der Waals surface area contributed by atoms with Crippen molar-refractivity contribution in [3.8, 4) is 12.1 Å². The summed E-state index contributed by atoms with van der Waals surface area (Å²) in [7, 11) is 1.42. The molecule has 0 radical (unpaired) electrons. The maximum Gasteiger partial charge on any atom is 0.249 e. The zero-order chi connectivity index (χ0) is 28.9. The largest absolute Gasteiger partial charge is 0.375 e. The summed E-state index contributed by atoms with van der Waals surface area (Å²) in [5.74, 6) is -2.32. The van der Waals surface area contributed by atoms with Gasteiger partial charge in [0.05, 0.1) is 40.1 Å². The number of amides is 2. The molecule has 1 N–H and O–H groups in total. The van der Waals surface area contributed by atoms with Gasteiger partial charge >= 0.3 is 0 Å². The van der Waals surface area contributed by atoms with Crippen molar-refractivity contribution in [3.05, 3.63) is 93.2 Å². The number of methoxy groups -OCH3 is 1. The topological polar surface area (TPSA) is 127 Å². The molecule has 3 heterocycles. The summed E-state index contributed by atoms with van der Waals surface area (Å²) in [6.45, 7) is 1.95. The molecule has 5 rings (SSSR count). The fraction of sp³-hybridized carbons (Fsp3) is 0.323. The number of nitrogens with zero attached hydrogens (tertiary/aromatic N) is 4. The number of carbonyl (C=O) groups is 3. The Balaban J connectivity index is 1.75. The smallest absolute Gasteiger partial charge is 0.249 e. The quantitative estimate of drug-likeness (QED) is 0.435. The first-order valence-electron chi connectivity index (χ1n) is 13.4. The van der Waals surface area contributed by atoms with Crippen molar-refractivity contribution in [1.29, 1.82) is 10.5 Å². The molecule has 3 aromatic rings. The van der Waals surface area contributed by atoms with E-state index in [1.54, 1.807) is 65.6 Å². The molecule has 2 fully saturated rings. The monoisotopic (exact) mass is 567 g/mol. The summed E-state index contributed by atoms with van der Waals surface area (Å²) in [5, 5.41) is 23.9. The Morgan fingerprint density at radius 2 is 1.56 bits per heavy atom. The van der Waals surface area contributed by atoms with Crippen LogP contribution in [0.5, 0.6) is 0 Å². The fourth-order valence-electron chi connectivity index (χ4n) is 5.95. The molecule has 4 unspecified atom stereocenters. The van der Waals surface area contributed by atoms with Crippen LogP contribution < -0.4 is 5.32 Å². The second-order valence-electron chi connectivity index (χ2n) is 10.1. The Kier molecular flexibility index (Phi) is 8.55. The Labute approximate surface area is 242 Å². The zero-order valence-electron chi connectivity index (χ0n) is 22.5. The first kappa shape index (κ1) is 28.2. The number of ether oxygens (including phenoxy) is 1. The van der Waals surface area contributed by atoms with Crippen molar-refractivity contribution >= 4 is 28.9 Å². The summed E-state index contributed by atoms with van der Waals surface area (Å²) < 4.78 is 5.26. The number of likely N-dealkylation sites (tertiary alicyclic amines) is 1. The van der Waals surface area contributed by atoms with Gasteiger partial charge in [0.2, 0.25) is 11.8 Å². The van der Waals surface area contributed by atoms with Gasteiger partial charge in [-0.25, -0.2) is 0 Å². The molecule has 2 saturated heterocycles. The van der Waals surface area contributed by atoms with Crippen LogP contribution in [0.3, 0.4) is 0 Å². The highest BCUT2D eigenvalue weighted by Gasteiger charge is 2.58. The number of carbonyl (C=O) groups excluding carboxylic acids is 3. The van der Waals surface area contributed by atoms with Crippen LogP contribution in [0.2, 0.25) is 0 Å². The van der Waals surface area contributed by atoms with Gasteiger partial charge < -0.3 is 19.9 Å². The second-order valence-corrected chi connectivity index (χ2v) is 11.0. The molecule has 0 spiro atoms. The number of ketones is 1. The van der Waals surface area contributed by atoms with Gasteiger partial charge in [-0.2, -0.15) is 10.5 Å². The molecule has 0 saturated carbocycles. The summed E-state index contributed by atoms with van der Waals surface area (Å²) in [6.07, 6.45) is 0. The third kappa shape index (κ3) is 5.50. The number of hydrogen-bond acceptors (Lipinski definition) is 8. The van der Waals surface area contributed by atoms with Gasteiger partial charge in [0.1, 0.15) is 12.6 Å². The second kappa shape index (κ2) is 12.4. The van der Waals surface area contributed by atoms with Crippen LogP contribution in [0, 0.1) is 28.6 Å². The third-order valence-corrected chi connectivity index (χ3v) is 8.66. The van der Waals surface area contributed by atoms with Crippen LogP contribution in [0.4, 0.5) is 0 Å². The summed E-state index contributed by atoms with van der Waals surface area (Å²) >= 11 is 1.31. The van der Waals surface area contributed by atoms with E-state index in [1.165, 1.54) is 23.3 Å². The lowest BCUT2D eigenvalue weighted by Gasteiger charge is -2.36. The number of piperazine rings is 1. The average molecular weight is 568 g/mol. The van der Waals surface area contributed by atoms with Crippen molar-refractivity contribution in [2.24, 2.45) is 5.92 Å². The van der Waals surface area contributed by atoms with Gasteiger partial charge in [-0.05, 0) is 46.8 Å². The lowest BCUT2D eigenvalue weighted by molar-refractivity contribution is -0.148. The first-order chi connectivity index (χ1) is 20.0. The number of benzene rings is 2. The molecule has 4 atom stereocenters. The van der Waals surface area contributed by atoms with E-state index >= 15 is 0 Å². The van der Waals surface area contributed by atoms with Crippen molar-refractivity contribution < 1.29 is 19.1 Å². The lowest BCUT2D eigenvalue weighted by Crippen LogP contribution is -2.55. The highest BCUT2D eigenvalue weighted by Crippen LogP contribution is 2.52. The standard InChI is InChI=1S/C31H29N5O4S/c1-40-19-25(37)36-28(23-10-6-21(18-33)7-11-23)27(30(38)24-3-2-16-41-24)26(22-8-4-20(17-32)5-9-22)29(36)31(39)35-14-12-34-13-15-35/h2-11,16,26-29,34H,12-15,19H2,1H3. The predicted octanol–water partition coefficient (Wildman–Crippen LogP) is 3.10. The van der Waals surface area contributed by atoms with E-state index in [0.29, 0.717) is 53.3 Å². The molecule has 9 nitrogen and oxygen atoms in total. The minimum absolute atomic E-state index is 0.172. The Morgan fingerprint density at radius 1 is 0.951 bits per heavy atom. The van der Waals surface area contributed by atoms with Crippen LogP contribution in [0.1, 0.15) is 43.9 Å². The molecule has 0 bridgehead atoms. The van der Waals surface area contributed by atoms with Crippen LogP contribution in [0.25, 0.3) is 0 Å². The number of Topliss-reactive ketones (excluding diaryl/α,β-unsaturated/α-hetero) is 1. The molecular formula is C31H29N5O4S. The van der Waals surface area contributed by atoms with Crippen molar-refractivity contribution in [3.63, 3.8) is 0 Å². The van der Waals surface area contributed by atoms with Crippen molar-refractivity contribution in [2.75, 3.05) is 39.9 Å². The van der Waals surface area contributed by atoms with E-state index in [2.05, 4.69) is 17.5 Å². The van der Waals surface area contributed by atoms with Crippen molar-refractivity contribution in [2.45, 2.75) is 18.0 Å². The number of nitriles is 2. The van der Waals surface area contributed by atoms with Gasteiger partial charge in [-0.1, -0.05) is 30.3 Å². The fourth-order valence-corrected chi connectivity index (χ4v) is 6.66. The van der Waals surface area contributed by atoms with Crippen LogP contribution in [-0.4, -0.2) is 73.3 Å². The molecule has 2 aliphatic heterocycles. The Morgan fingerprint density at radius 3 is 2.10 bits per heavy atom. The average Bonchev–Trinajstić information content (AvgIpc) is 3.68. The maximum atomic E-state index is 14.4. The first-order valence-corrected chi connectivity index (χ1v) is 14.2. The molecule has 2 aliphatic rings. The molecule has 2 aromatic carbocycles. The highest BCUT2D eigenvalue weighted by molar-refractivity contribution is 7.12. The van der Waals surface area contributed by atoms with Gasteiger partial charge in [-0.15, -0.1) is 11.3 Å². The van der Waals surface area contributed by atoms with E-state index in [4.69, 9.17) is 4.74 Å². The third-order valence-electron chi connectivity index (χ3n) is 7.78. The molecule has 10 heteroatoms. The highest BCUT2D eigenvalue weighted by atomic mass is 32.1. The Hall–Kier alpha value is -4.35. The van der Waals surface area contributed by atoms with Crippen LogP contribution in [0.15, 0.2) is 66.0 Å². The maximum absolute atomic E-state index is 14.4. The van der Waals surface area contributed by atoms with E-state index < -0.39 is 29.8 Å². The number of rotatable bonds is 7. The van der Waals surface area contributed by atoms with Gasteiger partial charge in [-0.3, -0.25) is 14.4 Å². The van der Waals surface area contributed by atoms with Gasteiger partial charge in [0.15, 0.2) is 5.78 Å². The van der Waals surface area contributed by atoms with Crippen LogP contribution in [-0.2, 0) is 14.3 Å². The molecule has 1 aromatic heterocycles. The molecule has 41 heavy (non-hydrogen) atoms. The van der Waals surface area contributed by atoms with E-state index in [9.17, 15) is 24.9 Å². The number of thiophene rings is 1. The molecular weight excluding hydrogens is 538 g/mol. The number of nitrogens with one attached hydrogen (secondary N) is 1. The summed E-state index contributed by atoms with van der Waals surface area (Å²) in [4.78, 5) is 46.5. The lowest BCUT2D eigenvalue weighted by atomic mass is 9.76. The minimum Gasteiger partial charge on any atom is -0.375 e. The molecule has 208 valence electrons. The minimum atomic E-state index is -0.988. The molecule has 0 aliphatic carbocycles. The van der Waals surface area contributed by atoms with Crippen molar-refractivity contribution in [1.82, 2.24) is 15.1 Å².